The number of oxazole rings is 1. The highest BCUT2D eigenvalue weighted by Gasteiger charge is 2.23. The van der Waals surface area contributed by atoms with Crippen LogP contribution in [0, 0.1) is 0 Å². The van der Waals surface area contributed by atoms with Gasteiger partial charge in [0.1, 0.15) is 11.3 Å². The molecule has 0 atom stereocenters. The molecule has 2 heterocycles. The number of carbonyl (C=O) groups excluding carboxylic acids is 2. The van der Waals surface area contributed by atoms with Crippen molar-refractivity contribution in [1.82, 2.24) is 15.2 Å². The van der Waals surface area contributed by atoms with Crippen molar-refractivity contribution in [2.75, 3.05) is 26.7 Å². The molecule has 3 aromatic rings. The summed E-state index contributed by atoms with van der Waals surface area (Å²) in [6.07, 6.45) is 0.550. The highest BCUT2D eigenvalue weighted by Crippen LogP contribution is 2.21. The number of methoxy groups -OCH3 is 1. The van der Waals surface area contributed by atoms with Gasteiger partial charge in [-0.25, -0.2) is 4.98 Å². The van der Waals surface area contributed by atoms with Gasteiger partial charge in [-0.15, -0.1) is 0 Å². The molecule has 0 unspecified atom stereocenters. The smallest absolute Gasteiger partial charge is 0.254 e. The highest BCUT2D eigenvalue weighted by atomic mass is 16.5. The monoisotopic (exact) mass is 365 g/mol. The van der Waals surface area contributed by atoms with E-state index in [-0.39, 0.29) is 18.4 Å². The summed E-state index contributed by atoms with van der Waals surface area (Å²) < 4.78 is 11.0. The van der Waals surface area contributed by atoms with Crippen molar-refractivity contribution in [3.05, 3.63) is 59.5 Å². The second kappa shape index (κ2) is 7.11. The Kier molecular flexibility index (Phi) is 4.50. The molecule has 0 saturated carbocycles. The normalized spacial score (nSPS) is 14.3. The fraction of sp³-hybridized carbons (Fsp3) is 0.250. The predicted molar refractivity (Wildman–Crippen MR) is 98.7 cm³/mol. The van der Waals surface area contributed by atoms with Crippen molar-refractivity contribution in [3.63, 3.8) is 0 Å². The third-order valence-corrected chi connectivity index (χ3v) is 4.52. The van der Waals surface area contributed by atoms with Crippen LogP contribution in [0.15, 0.2) is 46.9 Å². The molecule has 4 rings (SSSR count). The second-order valence-corrected chi connectivity index (χ2v) is 6.39. The van der Waals surface area contributed by atoms with Crippen molar-refractivity contribution in [1.29, 1.82) is 0 Å². The van der Waals surface area contributed by atoms with E-state index in [1.54, 1.807) is 25.3 Å². The van der Waals surface area contributed by atoms with Crippen LogP contribution in [-0.4, -0.2) is 48.4 Å². The van der Waals surface area contributed by atoms with E-state index in [9.17, 15) is 9.59 Å². The average Bonchev–Trinajstić information content (AvgIpc) is 3.09. The van der Waals surface area contributed by atoms with Crippen molar-refractivity contribution in [3.8, 4) is 5.75 Å². The number of benzene rings is 2. The van der Waals surface area contributed by atoms with Crippen LogP contribution in [0.25, 0.3) is 11.1 Å². The number of amides is 2. The Balaban J connectivity index is 1.54. The number of aromatic nitrogens is 1. The van der Waals surface area contributed by atoms with Crippen LogP contribution in [0.3, 0.4) is 0 Å². The summed E-state index contributed by atoms with van der Waals surface area (Å²) in [5.74, 6) is 1.06. The van der Waals surface area contributed by atoms with Gasteiger partial charge in [0, 0.05) is 25.1 Å². The molecule has 1 N–H and O–H groups in total. The number of nitrogens with one attached hydrogen (secondary N) is 1. The molecule has 1 saturated heterocycles. The molecular weight excluding hydrogens is 346 g/mol. The van der Waals surface area contributed by atoms with Crippen molar-refractivity contribution in [2.24, 2.45) is 0 Å². The van der Waals surface area contributed by atoms with E-state index in [1.807, 2.05) is 24.3 Å². The van der Waals surface area contributed by atoms with E-state index in [0.717, 1.165) is 11.3 Å². The molecule has 7 nitrogen and oxygen atoms in total. The predicted octanol–water partition coefficient (Wildman–Crippen LogP) is 2.00. The number of hydrogen-bond donors (Lipinski definition) is 1. The van der Waals surface area contributed by atoms with Gasteiger partial charge in [-0.3, -0.25) is 9.59 Å². The third-order valence-electron chi connectivity index (χ3n) is 4.52. The van der Waals surface area contributed by atoms with E-state index in [0.29, 0.717) is 42.1 Å². The minimum atomic E-state index is -0.181. The molecule has 2 aromatic carbocycles. The second-order valence-electron chi connectivity index (χ2n) is 6.39. The van der Waals surface area contributed by atoms with Crippen molar-refractivity contribution < 1.29 is 18.7 Å². The standard InChI is InChI=1S/C20H19N3O4/c1-26-15-5-2-13(3-6-15)10-19-22-16-7-4-14(11-17(16)27-19)20(25)23-9-8-21-18(24)12-23/h2-7,11H,8-10,12H2,1H3,(H,21,24). The summed E-state index contributed by atoms with van der Waals surface area (Å²) in [5, 5.41) is 2.71. The van der Waals surface area contributed by atoms with Crippen LogP contribution < -0.4 is 10.1 Å². The topological polar surface area (TPSA) is 84.7 Å². The maximum atomic E-state index is 12.6. The number of nitrogens with zero attached hydrogens (tertiary/aromatic N) is 2. The molecule has 138 valence electrons. The van der Waals surface area contributed by atoms with Gasteiger partial charge in [0.25, 0.3) is 5.91 Å². The lowest BCUT2D eigenvalue weighted by Gasteiger charge is -2.26. The first-order valence-electron chi connectivity index (χ1n) is 8.71. The minimum Gasteiger partial charge on any atom is -0.497 e. The molecule has 27 heavy (non-hydrogen) atoms. The lowest BCUT2D eigenvalue weighted by Crippen LogP contribution is -2.49. The Bertz CT molecular complexity index is 994. The van der Waals surface area contributed by atoms with Gasteiger partial charge in [0.15, 0.2) is 11.5 Å². The fourth-order valence-electron chi connectivity index (χ4n) is 3.09. The lowest BCUT2D eigenvalue weighted by atomic mass is 10.1. The number of carbonyl (C=O) groups is 2. The van der Waals surface area contributed by atoms with E-state index in [1.165, 1.54) is 4.90 Å². The quantitative estimate of drug-likeness (QED) is 0.764. The SMILES string of the molecule is COc1ccc(Cc2nc3ccc(C(=O)N4CCNC(=O)C4)cc3o2)cc1. The number of rotatable bonds is 4. The molecule has 1 aliphatic heterocycles. The van der Waals surface area contributed by atoms with Gasteiger partial charge in [-0.1, -0.05) is 12.1 Å². The summed E-state index contributed by atoms with van der Waals surface area (Å²) in [4.78, 5) is 30.1. The fourth-order valence-corrected chi connectivity index (χ4v) is 3.09. The molecule has 1 aliphatic rings. The zero-order valence-corrected chi connectivity index (χ0v) is 14.9. The van der Waals surface area contributed by atoms with Gasteiger partial charge >= 0.3 is 0 Å². The Morgan fingerprint density at radius 1 is 1.26 bits per heavy atom. The first-order valence-corrected chi connectivity index (χ1v) is 8.71. The summed E-state index contributed by atoms with van der Waals surface area (Å²) >= 11 is 0. The maximum absolute atomic E-state index is 12.6. The van der Waals surface area contributed by atoms with Crippen LogP contribution in [0.1, 0.15) is 21.8 Å². The van der Waals surface area contributed by atoms with Gasteiger partial charge in [0.05, 0.1) is 13.7 Å². The summed E-state index contributed by atoms with van der Waals surface area (Å²) in [5.41, 5.74) is 2.81. The molecule has 0 bridgehead atoms. The van der Waals surface area contributed by atoms with Crippen LogP contribution >= 0.6 is 0 Å². The zero-order chi connectivity index (χ0) is 18.8. The lowest BCUT2D eigenvalue weighted by molar-refractivity contribution is -0.123. The Hall–Kier alpha value is -3.35. The largest absolute Gasteiger partial charge is 0.497 e. The molecule has 0 spiro atoms. The van der Waals surface area contributed by atoms with Gasteiger partial charge < -0.3 is 19.4 Å². The van der Waals surface area contributed by atoms with Crippen molar-refractivity contribution >= 4 is 22.9 Å². The number of fused-ring (bicyclic) bond motifs is 1. The van der Waals surface area contributed by atoms with Gasteiger partial charge in [0.2, 0.25) is 5.91 Å². The molecule has 7 heteroatoms. The summed E-state index contributed by atoms with van der Waals surface area (Å²) in [7, 11) is 1.63. The van der Waals surface area contributed by atoms with Crippen LogP contribution in [0.5, 0.6) is 5.75 Å². The first kappa shape index (κ1) is 17.1. The number of hydrogen-bond acceptors (Lipinski definition) is 5. The summed E-state index contributed by atoms with van der Waals surface area (Å²) in [6.45, 7) is 1.05. The molecule has 0 radical (unpaired) electrons. The minimum absolute atomic E-state index is 0.0794. The molecule has 1 fully saturated rings. The Morgan fingerprint density at radius 3 is 2.81 bits per heavy atom. The number of piperazine rings is 1. The first-order chi connectivity index (χ1) is 13.1. The van der Waals surface area contributed by atoms with Crippen LogP contribution in [0.4, 0.5) is 0 Å². The van der Waals surface area contributed by atoms with Crippen LogP contribution in [-0.2, 0) is 11.2 Å². The van der Waals surface area contributed by atoms with Crippen molar-refractivity contribution in [2.45, 2.75) is 6.42 Å². The maximum Gasteiger partial charge on any atom is 0.254 e. The molecule has 2 amide bonds. The summed E-state index contributed by atoms with van der Waals surface area (Å²) in [6, 6.07) is 12.9. The van der Waals surface area contributed by atoms with E-state index in [2.05, 4.69) is 10.3 Å². The molecule has 1 aromatic heterocycles. The molecule has 0 aliphatic carbocycles. The number of ether oxygens (including phenoxy) is 1. The van der Waals surface area contributed by atoms with Gasteiger partial charge in [-0.2, -0.15) is 0 Å². The van der Waals surface area contributed by atoms with E-state index >= 15 is 0 Å². The van der Waals surface area contributed by atoms with Gasteiger partial charge in [-0.05, 0) is 35.9 Å². The average molecular weight is 365 g/mol. The zero-order valence-electron chi connectivity index (χ0n) is 14.9. The highest BCUT2D eigenvalue weighted by molar-refractivity contribution is 5.99. The molecular formula is C20H19N3O4. The van der Waals surface area contributed by atoms with E-state index < -0.39 is 0 Å². The van der Waals surface area contributed by atoms with Crippen LogP contribution in [0.2, 0.25) is 0 Å². The third kappa shape index (κ3) is 3.62. The Morgan fingerprint density at radius 2 is 2.07 bits per heavy atom. The van der Waals surface area contributed by atoms with E-state index in [4.69, 9.17) is 9.15 Å². The Labute approximate surface area is 155 Å².